The molecule has 0 fully saturated rings. The van der Waals surface area contributed by atoms with E-state index in [1.807, 2.05) is 0 Å². The molecule has 0 heterocycles. The van der Waals surface area contributed by atoms with Crippen molar-refractivity contribution in [1.29, 1.82) is 0 Å². The molecule has 114 valence electrons. The van der Waals surface area contributed by atoms with Crippen molar-refractivity contribution in [3.63, 3.8) is 0 Å². The van der Waals surface area contributed by atoms with Gasteiger partial charge in [-0.15, -0.1) is 0 Å². The van der Waals surface area contributed by atoms with E-state index < -0.39 is 22.4 Å². The molecule has 21 heavy (non-hydrogen) atoms. The topological polar surface area (TPSA) is 170 Å². The third-order valence-corrected chi connectivity index (χ3v) is 2.13. The minimum absolute atomic E-state index is 0. The molecule has 11 heteroatoms. The van der Waals surface area contributed by atoms with Gasteiger partial charge in [0.1, 0.15) is 6.04 Å². The molecular weight excluding hydrogens is 318 g/mol. The summed E-state index contributed by atoms with van der Waals surface area (Å²) in [5.41, 5.74) is 0.645. The summed E-state index contributed by atoms with van der Waals surface area (Å²) < 4.78 is 34.1. The molecular formula is C10H13MgNO8S. The Morgan fingerprint density at radius 3 is 2.10 bits per heavy atom. The molecule has 1 aromatic carbocycles. The minimum Gasteiger partial charge on any atom is -0.759 e. The number of carboxylic acid groups (broad SMARTS) is 1. The zero-order valence-electron chi connectivity index (χ0n) is 11.0. The normalized spacial score (nSPS) is 11.6. The number of rotatable bonds is 4. The second-order valence-electron chi connectivity index (χ2n) is 3.61. The fourth-order valence-corrected chi connectivity index (χ4v) is 1.24. The molecule has 9 nitrogen and oxygen atoms in total. The van der Waals surface area contributed by atoms with Crippen LogP contribution in [0.1, 0.15) is 5.56 Å². The van der Waals surface area contributed by atoms with Gasteiger partial charge in [-0.3, -0.25) is 13.2 Å². The van der Waals surface area contributed by atoms with E-state index in [0.717, 1.165) is 0 Å². The number of hydrogen-bond acceptors (Lipinski definition) is 8. The van der Waals surface area contributed by atoms with Crippen LogP contribution in [-0.2, 0) is 21.6 Å². The van der Waals surface area contributed by atoms with Crippen LogP contribution >= 0.6 is 0 Å². The van der Waals surface area contributed by atoms with E-state index in [1.165, 1.54) is 12.1 Å². The number of aromatic hydroxyl groups is 2. The van der Waals surface area contributed by atoms with Gasteiger partial charge in [0.2, 0.25) is 0 Å². The molecule has 0 bridgehead atoms. The van der Waals surface area contributed by atoms with Crippen molar-refractivity contribution in [2.24, 2.45) is 0 Å². The molecule has 1 rings (SSSR count). The number of nitrogens with one attached hydrogen (secondary N) is 1. The van der Waals surface area contributed by atoms with E-state index >= 15 is 0 Å². The van der Waals surface area contributed by atoms with E-state index in [1.54, 1.807) is 13.1 Å². The fraction of sp³-hybridized carbons (Fsp3) is 0.300. The molecule has 0 spiro atoms. The summed E-state index contributed by atoms with van der Waals surface area (Å²) in [4.78, 5) is 10.7. The Bertz CT molecular complexity index is 554. The zero-order chi connectivity index (χ0) is 15.9. The molecule has 0 aromatic heterocycles. The van der Waals surface area contributed by atoms with Crippen LogP contribution in [0.2, 0.25) is 0 Å². The molecule has 4 N–H and O–H groups in total. The molecule has 0 saturated heterocycles. The molecule has 0 aliphatic carbocycles. The molecule has 0 saturated carbocycles. The standard InChI is InChI=1S/C10H13NO4.Mg.H2O4S/c1-11-7(10(14)15)4-6-2-3-8(12)9(13)5-6;;1-5(2,3)4/h2-3,5,7,11-13H,4H2,1H3,(H,14,15);;(H2,1,2,3,4)/q;+2;/p-2. The summed E-state index contributed by atoms with van der Waals surface area (Å²) in [5.74, 6) is -1.41. The monoisotopic (exact) mass is 331 g/mol. The zero-order valence-corrected chi connectivity index (χ0v) is 13.2. The van der Waals surface area contributed by atoms with Gasteiger partial charge >= 0.3 is 29.0 Å². The number of aliphatic carboxylic acids is 1. The van der Waals surface area contributed by atoms with E-state index in [2.05, 4.69) is 5.32 Å². The quantitative estimate of drug-likeness (QED) is 0.224. The number of carbonyl (C=O) groups is 1. The van der Waals surface area contributed by atoms with Gasteiger partial charge in [0.15, 0.2) is 11.5 Å². The number of hydrogen-bond donors (Lipinski definition) is 4. The van der Waals surface area contributed by atoms with Crippen LogP contribution in [0.4, 0.5) is 0 Å². The van der Waals surface area contributed by atoms with Crippen molar-refractivity contribution < 1.29 is 37.6 Å². The third-order valence-electron chi connectivity index (χ3n) is 2.13. The van der Waals surface area contributed by atoms with E-state index in [-0.39, 0.29) is 41.0 Å². The summed E-state index contributed by atoms with van der Waals surface area (Å²) in [7, 11) is -3.61. The van der Waals surface area contributed by atoms with Crippen LogP contribution < -0.4 is 5.32 Å². The predicted octanol–water partition coefficient (Wildman–Crippen LogP) is -1.41. The van der Waals surface area contributed by atoms with Crippen molar-refractivity contribution in [1.82, 2.24) is 5.32 Å². The average molecular weight is 332 g/mol. The maximum absolute atomic E-state index is 10.7. The Kier molecular flexibility index (Phi) is 10.3. The van der Waals surface area contributed by atoms with Gasteiger partial charge in [-0.1, -0.05) is 6.07 Å². The Labute approximate surface area is 137 Å². The number of likely N-dealkylation sites (N-methyl/N-ethyl adjacent to an activating group) is 1. The number of carboxylic acids is 1. The average Bonchev–Trinajstić information content (AvgIpc) is 2.28. The molecule has 1 aromatic rings. The summed E-state index contributed by atoms with van der Waals surface area (Å²) in [6, 6.07) is 3.55. The SMILES string of the molecule is CNC(Cc1ccc(O)c(O)c1)C(=O)O.O=S(=O)([O-])[O-].[Mg+2]. The van der Waals surface area contributed by atoms with E-state index in [0.29, 0.717) is 5.56 Å². The second kappa shape index (κ2) is 9.76. The maximum atomic E-state index is 10.7. The smallest absolute Gasteiger partial charge is 0.759 e. The third kappa shape index (κ3) is 11.2. The van der Waals surface area contributed by atoms with Gasteiger partial charge in [-0.05, 0) is 31.2 Å². The van der Waals surface area contributed by atoms with Crippen LogP contribution in [0.15, 0.2) is 18.2 Å². The second-order valence-corrected chi connectivity index (χ2v) is 4.43. The van der Waals surface area contributed by atoms with Crippen LogP contribution in [0, 0.1) is 0 Å². The van der Waals surface area contributed by atoms with Crippen LogP contribution in [-0.4, -0.2) is 75.0 Å². The van der Waals surface area contributed by atoms with Gasteiger partial charge in [0, 0.05) is 10.4 Å². The summed E-state index contributed by atoms with van der Waals surface area (Å²) >= 11 is 0. The molecule has 0 aliphatic heterocycles. The van der Waals surface area contributed by atoms with Crippen LogP contribution in [0.3, 0.4) is 0 Å². The van der Waals surface area contributed by atoms with Crippen LogP contribution in [0.5, 0.6) is 11.5 Å². The van der Waals surface area contributed by atoms with Crippen molar-refractivity contribution in [2.75, 3.05) is 7.05 Å². The van der Waals surface area contributed by atoms with Crippen molar-refractivity contribution in [3.05, 3.63) is 23.8 Å². The Balaban J connectivity index is 0. The largest absolute Gasteiger partial charge is 2.00 e. The number of benzene rings is 1. The van der Waals surface area contributed by atoms with E-state index in [4.69, 9.17) is 27.7 Å². The molecule has 0 radical (unpaired) electrons. The van der Waals surface area contributed by atoms with E-state index in [9.17, 15) is 9.90 Å². The van der Waals surface area contributed by atoms with Gasteiger partial charge in [0.25, 0.3) is 0 Å². The van der Waals surface area contributed by atoms with Gasteiger partial charge < -0.3 is 29.7 Å². The fourth-order valence-electron chi connectivity index (χ4n) is 1.24. The molecule has 1 unspecified atom stereocenters. The van der Waals surface area contributed by atoms with Gasteiger partial charge in [-0.25, -0.2) is 0 Å². The summed E-state index contributed by atoms with van der Waals surface area (Å²) in [6.45, 7) is 0. The first-order valence-corrected chi connectivity index (χ1v) is 6.45. The first kappa shape index (κ1) is 22.2. The first-order valence-electron chi connectivity index (χ1n) is 5.12. The first-order chi connectivity index (χ1) is 9.04. The van der Waals surface area contributed by atoms with Crippen molar-refractivity contribution >= 4 is 39.4 Å². The summed E-state index contributed by atoms with van der Waals surface area (Å²) in [6.07, 6.45) is 0.250. The van der Waals surface area contributed by atoms with Crippen LogP contribution in [0.25, 0.3) is 0 Å². The Morgan fingerprint density at radius 1 is 1.29 bits per heavy atom. The maximum Gasteiger partial charge on any atom is 2.00 e. The van der Waals surface area contributed by atoms with Crippen molar-refractivity contribution in [2.45, 2.75) is 12.5 Å². The number of phenols is 2. The Morgan fingerprint density at radius 2 is 1.76 bits per heavy atom. The molecule has 1 atom stereocenters. The molecule has 0 amide bonds. The minimum atomic E-state index is -5.17. The predicted molar refractivity (Wildman–Crippen MR) is 70.2 cm³/mol. The Hall–Kier alpha value is -1.11. The van der Waals surface area contributed by atoms with Crippen molar-refractivity contribution in [3.8, 4) is 11.5 Å². The summed E-state index contributed by atoms with van der Waals surface area (Å²) in [5, 5.41) is 29.7. The number of phenolic OH excluding ortho intramolecular Hbond substituents is 2. The van der Waals surface area contributed by atoms with Gasteiger partial charge in [0.05, 0.1) is 0 Å². The van der Waals surface area contributed by atoms with Gasteiger partial charge in [-0.2, -0.15) is 0 Å². The molecule has 0 aliphatic rings.